The van der Waals surface area contributed by atoms with E-state index in [0.717, 1.165) is 31.6 Å². The molecule has 0 bridgehead atoms. The lowest BCUT2D eigenvalue weighted by atomic mass is 9.87. The molecule has 0 aromatic carbocycles. The second-order valence-corrected chi connectivity index (χ2v) is 6.34. The van der Waals surface area contributed by atoms with Crippen molar-refractivity contribution in [3.8, 4) is 0 Å². The maximum atomic E-state index is 10.9. The largest absolute Gasteiger partial charge is 0.477 e. The molecule has 1 atom stereocenters. The molecule has 0 unspecified atom stereocenters. The molecular formula is C15H22N2O3. The van der Waals surface area contributed by atoms with Gasteiger partial charge in [0.05, 0.1) is 11.8 Å². The summed E-state index contributed by atoms with van der Waals surface area (Å²) in [5.74, 6) is -1.00. The molecule has 0 saturated carbocycles. The fraction of sp³-hybridized carbons (Fsp3) is 0.600. The number of aliphatic hydroxyl groups excluding tert-OH is 1. The van der Waals surface area contributed by atoms with Gasteiger partial charge in [-0.2, -0.15) is 0 Å². The highest BCUT2D eigenvalue weighted by atomic mass is 16.4. The molecule has 110 valence electrons. The normalized spacial score (nSPS) is 23.2. The molecule has 0 aliphatic carbocycles. The highest BCUT2D eigenvalue weighted by Gasteiger charge is 2.29. The second kappa shape index (κ2) is 5.89. The van der Waals surface area contributed by atoms with Crippen molar-refractivity contribution in [1.29, 1.82) is 0 Å². The lowest BCUT2D eigenvalue weighted by molar-refractivity contribution is 0.0689. The lowest BCUT2D eigenvalue weighted by Crippen LogP contribution is -2.32. The van der Waals surface area contributed by atoms with Crippen molar-refractivity contribution < 1.29 is 15.0 Å². The van der Waals surface area contributed by atoms with E-state index >= 15 is 0 Å². The van der Waals surface area contributed by atoms with Crippen LogP contribution in [0.4, 0.5) is 0 Å². The van der Waals surface area contributed by atoms with E-state index in [2.05, 4.69) is 23.7 Å². The fourth-order valence-corrected chi connectivity index (χ4v) is 2.87. The number of pyridine rings is 1. The number of nitrogens with zero attached hydrogens (tertiary/aromatic N) is 2. The number of aromatic carboxylic acids is 1. The summed E-state index contributed by atoms with van der Waals surface area (Å²) in [5, 5.41) is 18.9. The molecule has 1 saturated heterocycles. The number of likely N-dealkylation sites (tertiary alicyclic amines) is 1. The number of carboxylic acids is 1. The van der Waals surface area contributed by atoms with Gasteiger partial charge in [-0.25, -0.2) is 9.78 Å². The maximum Gasteiger partial charge on any atom is 0.354 e. The number of carbonyl (C=O) groups is 1. The molecule has 1 aliphatic rings. The summed E-state index contributed by atoms with van der Waals surface area (Å²) in [7, 11) is 0. The molecule has 2 heterocycles. The van der Waals surface area contributed by atoms with Gasteiger partial charge in [-0.15, -0.1) is 0 Å². The molecule has 2 rings (SSSR count). The third-order valence-electron chi connectivity index (χ3n) is 3.63. The van der Waals surface area contributed by atoms with Crippen molar-refractivity contribution in [2.24, 2.45) is 5.41 Å². The Morgan fingerprint density at radius 1 is 1.50 bits per heavy atom. The molecule has 1 fully saturated rings. The van der Waals surface area contributed by atoms with Crippen LogP contribution in [0, 0.1) is 5.41 Å². The first kappa shape index (κ1) is 14.9. The number of rotatable bonds is 3. The predicted molar refractivity (Wildman–Crippen MR) is 75.5 cm³/mol. The summed E-state index contributed by atoms with van der Waals surface area (Å²) in [6.07, 6.45) is 1.29. The van der Waals surface area contributed by atoms with E-state index in [0.29, 0.717) is 6.54 Å². The minimum Gasteiger partial charge on any atom is -0.477 e. The maximum absolute atomic E-state index is 10.9. The van der Waals surface area contributed by atoms with Gasteiger partial charge < -0.3 is 10.2 Å². The molecule has 2 N–H and O–H groups in total. The van der Waals surface area contributed by atoms with Crippen LogP contribution in [0.15, 0.2) is 18.2 Å². The van der Waals surface area contributed by atoms with Gasteiger partial charge >= 0.3 is 5.97 Å². The van der Waals surface area contributed by atoms with Gasteiger partial charge in [-0.3, -0.25) is 4.90 Å². The summed E-state index contributed by atoms with van der Waals surface area (Å²) in [5.41, 5.74) is 0.897. The van der Waals surface area contributed by atoms with Crippen LogP contribution < -0.4 is 0 Å². The van der Waals surface area contributed by atoms with Crippen molar-refractivity contribution >= 4 is 5.97 Å². The Bertz CT molecular complexity index is 488. The van der Waals surface area contributed by atoms with Crippen LogP contribution in [0.5, 0.6) is 0 Å². The first-order chi connectivity index (χ1) is 9.35. The molecule has 0 amide bonds. The minimum absolute atomic E-state index is 0.0559. The van der Waals surface area contributed by atoms with Crippen LogP contribution in [0.25, 0.3) is 0 Å². The Kier molecular flexibility index (Phi) is 4.40. The van der Waals surface area contributed by atoms with Crippen LogP contribution in [0.1, 0.15) is 42.9 Å². The van der Waals surface area contributed by atoms with Gasteiger partial charge in [-0.1, -0.05) is 19.9 Å². The van der Waals surface area contributed by atoms with Crippen LogP contribution >= 0.6 is 0 Å². The highest BCUT2D eigenvalue weighted by Crippen LogP contribution is 2.28. The molecule has 1 aromatic heterocycles. The fourth-order valence-electron chi connectivity index (χ4n) is 2.87. The summed E-state index contributed by atoms with van der Waals surface area (Å²) in [4.78, 5) is 17.3. The van der Waals surface area contributed by atoms with E-state index < -0.39 is 5.97 Å². The summed E-state index contributed by atoms with van der Waals surface area (Å²) >= 11 is 0. The number of aliphatic hydroxyl groups is 1. The van der Waals surface area contributed by atoms with E-state index in [1.807, 2.05) is 6.07 Å². The first-order valence-electron chi connectivity index (χ1n) is 6.95. The van der Waals surface area contributed by atoms with Gasteiger partial charge in [0, 0.05) is 19.6 Å². The van der Waals surface area contributed by atoms with Crippen LogP contribution in [0.3, 0.4) is 0 Å². The zero-order valence-electron chi connectivity index (χ0n) is 12.0. The van der Waals surface area contributed by atoms with Gasteiger partial charge in [0.2, 0.25) is 0 Å². The van der Waals surface area contributed by atoms with Gasteiger partial charge in [0.25, 0.3) is 0 Å². The van der Waals surface area contributed by atoms with E-state index in [4.69, 9.17) is 5.11 Å². The van der Waals surface area contributed by atoms with Gasteiger partial charge in [0.1, 0.15) is 5.69 Å². The quantitative estimate of drug-likeness (QED) is 0.881. The topological polar surface area (TPSA) is 73.7 Å². The molecule has 5 heteroatoms. The van der Waals surface area contributed by atoms with Crippen molar-refractivity contribution in [3.05, 3.63) is 29.6 Å². The molecule has 1 aromatic rings. The SMILES string of the molecule is CC1(C)C[C@@H](O)CCN(Cc2cccc(C(=O)O)n2)C1. The summed E-state index contributed by atoms with van der Waals surface area (Å²) < 4.78 is 0. The zero-order chi connectivity index (χ0) is 14.8. The Labute approximate surface area is 119 Å². The monoisotopic (exact) mass is 278 g/mol. The van der Waals surface area contributed by atoms with Crippen LogP contribution in [-0.4, -0.2) is 45.3 Å². The molecule has 0 spiro atoms. The molecule has 20 heavy (non-hydrogen) atoms. The van der Waals surface area contributed by atoms with Crippen molar-refractivity contribution in [2.45, 2.75) is 39.3 Å². The van der Waals surface area contributed by atoms with E-state index in [9.17, 15) is 9.90 Å². The van der Waals surface area contributed by atoms with Gasteiger partial charge in [-0.05, 0) is 30.4 Å². The number of carboxylic acid groups (broad SMARTS) is 1. The van der Waals surface area contributed by atoms with Crippen LogP contribution in [0.2, 0.25) is 0 Å². The van der Waals surface area contributed by atoms with E-state index in [-0.39, 0.29) is 17.2 Å². The molecule has 5 nitrogen and oxygen atoms in total. The molecule has 0 radical (unpaired) electrons. The first-order valence-corrected chi connectivity index (χ1v) is 6.95. The smallest absolute Gasteiger partial charge is 0.354 e. The lowest BCUT2D eigenvalue weighted by Gasteiger charge is -2.29. The Hall–Kier alpha value is -1.46. The minimum atomic E-state index is -1.00. The average molecular weight is 278 g/mol. The molecule has 1 aliphatic heterocycles. The van der Waals surface area contributed by atoms with Crippen LogP contribution in [-0.2, 0) is 6.54 Å². The van der Waals surface area contributed by atoms with Gasteiger partial charge in [0.15, 0.2) is 0 Å². The third kappa shape index (κ3) is 4.02. The summed E-state index contributed by atoms with van der Waals surface area (Å²) in [6, 6.07) is 5.08. The average Bonchev–Trinajstić information content (AvgIpc) is 2.47. The summed E-state index contributed by atoms with van der Waals surface area (Å²) in [6.45, 7) is 6.61. The Morgan fingerprint density at radius 2 is 2.25 bits per heavy atom. The van der Waals surface area contributed by atoms with Crippen molar-refractivity contribution in [2.75, 3.05) is 13.1 Å². The standard InChI is InChI=1S/C15H22N2O3/c1-15(2)8-12(18)6-7-17(10-15)9-11-4-3-5-13(16-11)14(19)20/h3-5,12,18H,6-10H2,1-2H3,(H,19,20)/t12-/m0/s1. The zero-order valence-corrected chi connectivity index (χ0v) is 12.0. The van der Waals surface area contributed by atoms with Crippen molar-refractivity contribution in [3.63, 3.8) is 0 Å². The number of hydrogen-bond donors (Lipinski definition) is 2. The van der Waals surface area contributed by atoms with E-state index in [1.165, 1.54) is 6.07 Å². The molecular weight excluding hydrogens is 256 g/mol. The van der Waals surface area contributed by atoms with E-state index in [1.54, 1.807) is 6.07 Å². The number of hydrogen-bond acceptors (Lipinski definition) is 4. The Balaban J connectivity index is 2.09. The second-order valence-electron chi connectivity index (χ2n) is 6.34. The van der Waals surface area contributed by atoms with Crippen molar-refractivity contribution in [1.82, 2.24) is 9.88 Å². The third-order valence-corrected chi connectivity index (χ3v) is 3.63. The Morgan fingerprint density at radius 3 is 2.95 bits per heavy atom. The highest BCUT2D eigenvalue weighted by molar-refractivity contribution is 5.85. The predicted octanol–water partition coefficient (Wildman–Crippen LogP) is 1.76. The number of aromatic nitrogens is 1.